The summed E-state index contributed by atoms with van der Waals surface area (Å²) in [5.74, 6) is 0.560. The number of carbonyl (C=O) groups is 1. The lowest BCUT2D eigenvalue weighted by molar-refractivity contribution is 0.0883. The van der Waals surface area contributed by atoms with Crippen LogP contribution in [0.2, 0.25) is 5.02 Å². The van der Waals surface area contributed by atoms with Gasteiger partial charge < -0.3 is 10.1 Å². The molecule has 0 atom stereocenters. The molecule has 1 aromatic heterocycles. The minimum Gasteiger partial charge on any atom is -0.490 e. The molecule has 2 aromatic rings. The molecule has 0 unspecified atom stereocenters. The van der Waals surface area contributed by atoms with E-state index >= 15 is 0 Å². The molecule has 1 heterocycles. The van der Waals surface area contributed by atoms with Crippen LogP contribution in [0.1, 0.15) is 41.9 Å². The quantitative estimate of drug-likeness (QED) is 0.787. The van der Waals surface area contributed by atoms with Crippen molar-refractivity contribution in [1.82, 2.24) is 15.3 Å². The normalized spacial score (nSPS) is 19.4. The first-order chi connectivity index (χ1) is 12.5. The molecule has 1 aliphatic carbocycles. The molecular formula is C18H16BrClN4O2. The van der Waals surface area contributed by atoms with Crippen molar-refractivity contribution in [3.63, 3.8) is 0 Å². The molecule has 0 bridgehead atoms. The Kier molecular flexibility index (Phi) is 6.07. The maximum Gasteiger partial charge on any atom is 0.289 e. The van der Waals surface area contributed by atoms with Gasteiger partial charge in [-0.3, -0.25) is 4.79 Å². The fourth-order valence-electron chi connectivity index (χ4n) is 2.86. The Morgan fingerprint density at radius 3 is 2.58 bits per heavy atom. The van der Waals surface area contributed by atoms with Crippen molar-refractivity contribution >= 4 is 33.4 Å². The predicted octanol–water partition coefficient (Wildman–Crippen LogP) is 3.88. The fraction of sp³-hybridized carbons (Fsp3) is 0.333. The minimum atomic E-state index is -0.263. The van der Waals surface area contributed by atoms with Gasteiger partial charge in [-0.05, 0) is 53.7 Å². The summed E-state index contributed by atoms with van der Waals surface area (Å²) in [5, 5.41) is 12.3. The monoisotopic (exact) mass is 434 g/mol. The molecule has 0 aliphatic heterocycles. The third-order valence-electron chi connectivity index (χ3n) is 4.20. The van der Waals surface area contributed by atoms with Crippen molar-refractivity contribution in [2.75, 3.05) is 0 Å². The van der Waals surface area contributed by atoms with Crippen molar-refractivity contribution in [3.05, 3.63) is 51.5 Å². The van der Waals surface area contributed by atoms with Crippen LogP contribution < -0.4 is 10.1 Å². The van der Waals surface area contributed by atoms with Gasteiger partial charge in [0.2, 0.25) is 5.82 Å². The first kappa shape index (κ1) is 18.6. The lowest BCUT2D eigenvalue weighted by atomic mass is 9.93. The van der Waals surface area contributed by atoms with Gasteiger partial charge in [0.1, 0.15) is 11.8 Å². The second kappa shape index (κ2) is 8.47. The Morgan fingerprint density at radius 1 is 1.27 bits per heavy atom. The van der Waals surface area contributed by atoms with Crippen molar-refractivity contribution in [1.29, 1.82) is 5.26 Å². The number of ether oxygens (including phenoxy) is 1. The fourth-order valence-corrected chi connectivity index (χ4v) is 3.27. The number of nitrogens with one attached hydrogen (secondary N) is 1. The zero-order valence-electron chi connectivity index (χ0n) is 13.8. The first-order valence-corrected chi connectivity index (χ1v) is 9.37. The number of amides is 1. The van der Waals surface area contributed by atoms with Gasteiger partial charge in [-0.2, -0.15) is 5.26 Å². The van der Waals surface area contributed by atoms with Crippen LogP contribution >= 0.6 is 27.5 Å². The van der Waals surface area contributed by atoms with Crippen LogP contribution in [0.25, 0.3) is 0 Å². The Labute approximate surface area is 164 Å². The van der Waals surface area contributed by atoms with Crippen LogP contribution in [0, 0.1) is 11.3 Å². The molecule has 6 nitrogen and oxygen atoms in total. The summed E-state index contributed by atoms with van der Waals surface area (Å²) in [6, 6.07) is 7.18. The van der Waals surface area contributed by atoms with Gasteiger partial charge in [-0.25, -0.2) is 9.97 Å². The van der Waals surface area contributed by atoms with Gasteiger partial charge in [0.15, 0.2) is 0 Å². The molecule has 1 fully saturated rings. The standard InChI is InChI=1S/C18H16BrClN4O2/c19-12-9-22-17(23-10-12)18(25)24-13-2-5-14(6-3-13)26-15-4-1-11(8-21)16(20)7-15/h1,4,7,9-10,13-14H,2-3,5-6H2,(H,24,25)/t13-,14-. The number of benzene rings is 1. The number of rotatable bonds is 4. The predicted molar refractivity (Wildman–Crippen MR) is 100 cm³/mol. The maximum atomic E-state index is 12.2. The van der Waals surface area contributed by atoms with Crippen molar-refractivity contribution in [2.24, 2.45) is 0 Å². The summed E-state index contributed by atoms with van der Waals surface area (Å²) in [6.45, 7) is 0. The first-order valence-electron chi connectivity index (χ1n) is 8.20. The lowest BCUT2D eigenvalue weighted by Gasteiger charge is -2.29. The van der Waals surface area contributed by atoms with E-state index < -0.39 is 0 Å². The molecule has 26 heavy (non-hydrogen) atoms. The summed E-state index contributed by atoms with van der Waals surface area (Å²) in [4.78, 5) is 20.2. The molecule has 0 radical (unpaired) electrons. The average Bonchev–Trinajstić information content (AvgIpc) is 2.64. The largest absolute Gasteiger partial charge is 0.490 e. The summed E-state index contributed by atoms with van der Waals surface area (Å²) < 4.78 is 6.68. The van der Waals surface area contributed by atoms with Crippen LogP contribution in [-0.2, 0) is 0 Å². The second-order valence-electron chi connectivity index (χ2n) is 6.04. The van der Waals surface area contributed by atoms with Crippen molar-refractivity contribution < 1.29 is 9.53 Å². The average molecular weight is 436 g/mol. The number of aromatic nitrogens is 2. The second-order valence-corrected chi connectivity index (χ2v) is 7.37. The molecular weight excluding hydrogens is 420 g/mol. The zero-order valence-corrected chi connectivity index (χ0v) is 16.1. The highest BCUT2D eigenvalue weighted by molar-refractivity contribution is 9.10. The van der Waals surface area contributed by atoms with Gasteiger partial charge in [0.25, 0.3) is 5.91 Å². The summed E-state index contributed by atoms with van der Waals surface area (Å²) in [6.07, 6.45) is 6.45. The van der Waals surface area contributed by atoms with E-state index in [0.717, 1.165) is 30.2 Å². The molecule has 134 valence electrons. The van der Waals surface area contributed by atoms with Crippen LogP contribution in [0.15, 0.2) is 35.1 Å². The summed E-state index contributed by atoms with van der Waals surface area (Å²) in [7, 11) is 0. The summed E-state index contributed by atoms with van der Waals surface area (Å²) >= 11 is 9.28. The molecule has 8 heteroatoms. The molecule has 0 spiro atoms. The van der Waals surface area contributed by atoms with Crippen LogP contribution in [0.3, 0.4) is 0 Å². The molecule has 3 rings (SSSR count). The smallest absolute Gasteiger partial charge is 0.289 e. The van der Waals surface area contributed by atoms with E-state index in [1.54, 1.807) is 30.6 Å². The van der Waals surface area contributed by atoms with E-state index in [4.69, 9.17) is 21.6 Å². The highest BCUT2D eigenvalue weighted by Gasteiger charge is 2.24. The van der Waals surface area contributed by atoms with E-state index in [1.807, 2.05) is 6.07 Å². The Bertz CT molecular complexity index is 830. The number of nitrogens with zero attached hydrogens (tertiary/aromatic N) is 3. The minimum absolute atomic E-state index is 0.0658. The molecule has 1 N–H and O–H groups in total. The maximum absolute atomic E-state index is 12.2. The van der Waals surface area contributed by atoms with Crippen molar-refractivity contribution in [3.8, 4) is 11.8 Å². The summed E-state index contributed by atoms with van der Waals surface area (Å²) in [5.41, 5.74) is 0.431. The zero-order chi connectivity index (χ0) is 18.5. The van der Waals surface area contributed by atoms with E-state index in [0.29, 0.717) is 16.3 Å². The van der Waals surface area contributed by atoms with E-state index in [1.165, 1.54) is 0 Å². The lowest BCUT2D eigenvalue weighted by Crippen LogP contribution is -2.40. The van der Waals surface area contributed by atoms with E-state index in [2.05, 4.69) is 31.2 Å². The highest BCUT2D eigenvalue weighted by atomic mass is 79.9. The van der Waals surface area contributed by atoms with Gasteiger partial charge in [-0.1, -0.05) is 11.6 Å². The van der Waals surface area contributed by atoms with Gasteiger partial charge in [0.05, 0.1) is 21.2 Å². The van der Waals surface area contributed by atoms with Crippen LogP contribution in [0.5, 0.6) is 5.75 Å². The molecule has 1 amide bonds. The number of carbonyl (C=O) groups excluding carboxylic acids is 1. The number of nitriles is 1. The Hall–Kier alpha value is -2.17. The third-order valence-corrected chi connectivity index (χ3v) is 4.92. The Morgan fingerprint density at radius 2 is 1.96 bits per heavy atom. The molecule has 0 saturated heterocycles. The number of halogens is 2. The number of hydrogen-bond donors (Lipinski definition) is 1. The molecule has 1 saturated carbocycles. The topological polar surface area (TPSA) is 87.9 Å². The molecule has 1 aromatic carbocycles. The van der Waals surface area contributed by atoms with E-state index in [9.17, 15) is 4.79 Å². The highest BCUT2D eigenvalue weighted by Crippen LogP contribution is 2.27. The van der Waals surface area contributed by atoms with Gasteiger partial charge in [-0.15, -0.1) is 0 Å². The SMILES string of the molecule is N#Cc1ccc(O[C@H]2CC[C@H](NC(=O)c3ncc(Br)cn3)CC2)cc1Cl. The van der Waals surface area contributed by atoms with Crippen LogP contribution in [-0.4, -0.2) is 28.0 Å². The van der Waals surface area contributed by atoms with Gasteiger partial charge in [0, 0.05) is 24.5 Å². The Balaban J connectivity index is 1.49. The molecule has 1 aliphatic rings. The van der Waals surface area contributed by atoms with Crippen LogP contribution in [0.4, 0.5) is 0 Å². The van der Waals surface area contributed by atoms with Crippen molar-refractivity contribution in [2.45, 2.75) is 37.8 Å². The number of hydrogen-bond acceptors (Lipinski definition) is 5. The third kappa shape index (κ3) is 4.71. The van der Waals surface area contributed by atoms with E-state index in [-0.39, 0.29) is 23.9 Å². The van der Waals surface area contributed by atoms with Gasteiger partial charge >= 0.3 is 0 Å².